The Morgan fingerprint density at radius 2 is 2.21 bits per heavy atom. The third kappa shape index (κ3) is 1.44. The second-order valence-electron chi connectivity index (χ2n) is 4.47. The monoisotopic (exact) mass is 198 g/mol. The number of carbonyl (C=O) groups excluding carboxylic acids is 1. The van der Waals surface area contributed by atoms with Gasteiger partial charge in [0, 0.05) is 5.41 Å². The molecule has 0 aliphatic carbocycles. The number of esters is 1. The number of cyclic esters (lactones) is 1. The van der Waals surface area contributed by atoms with E-state index in [9.17, 15) is 4.79 Å². The Bertz CT molecular complexity index is 239. The first-order chi connectivity index (χ1) is 6.70. The third-order valence-electron chi connectivity index (χ3n) is 3.52. The maximum absolute atomic E-state index is 11.2. The lowest BCUT2D eigenvalue weighted by atomic mass is 9.78. The molecule has 2 heterocycles. The molecule has 0 saturated carbocycles. The highest BCUT2D eigenvalue weighted by molar-refractivity contribution is 5.72. The van der Waals surface area contributed by atoms with Crippen molar-refractivity contribution in [3.8, 4) is 0 Å². The Morgan fingerprint density at radius 1 is 1.43 bits per heavy atom. The van der Waals surface area contributed by atoms with Crippen LogP contribution in [0.3, 0.4) is 0 Å². The Morgan fingerprint density at radius 3 is 2.71 bits per heavy atom. The molecule has 0 aromatic rings. The molecule has 0 bridgehead atoms. The van der Waals surface area contributed by atoms with Crippen LogP contribution in [0.1, 0.15) is 39.5 Å². The molecule has 1 spiro atoms. The molecule has 0 N–H and O–H groups in total. The van der Waals surface area contributed by atoms with Crippen molar-refractivity contribution < 1.29 is 14.3 Å². The summed E-state index contributed by atoms with van der Waals surface area (Å²) in [7, 11) is 0. The highest BCUT2D eigenvalue weighted by Gasteiger charge is 2.52. The molecule has 0 amide bonds. The predicted octanol–water partition coefficient (Wildman–Crippen LogP) is 1.90. The van der Waals surface area contributed by atoms with Crippen LogP contribution in [-0.2, 0) is 14.3 Å². The molecular weight excluding hydrogens is 180 g/mol. The summed E-state index contributed by atoms with van der Waals surface area (Å²) < 4.78 is 11.0. The molecule has 80 valence electrons. The Hall–Kier alpha value is -0.570. The van der Waals surface area contributed by atoms with Crippen molar-refractivity contribution in [2.45, 2.75) is 51.7 Å². The van der Waals surface area contributed by atoms with Crippen molar-refractivity contribution in [2.24, 2.45) is 5.41 Å². The van der Waals surface area contributed by atoms with E-state index < -0.39 is 0 Å². The van der Waals surface area contributed by atoms with Crippen LogP contribution >= 0.6 is 0 Å². The molecule has 2 rings (SSSR count). The molecular formula is C11H18O3. The molecule has 2 saturated heterocycles. The quantitative estimate of drug-likeness (QED) is 0.636. The molecule has 0 radical (unpaired) electrons. The fourth-order valence-corrected chi connectivity index (χ4v) is 2.73. The lowest BCUT2D eigenvalue weighted by Crippen LogP contribution is -2.30. The second kappa shape index (κ2) is 3.54. The SMILES string of the molecule is CCC1CC2(COC(=O)C2)C(CC)O1. The summed E-state index contributed by atoms with van der Waals surface area (Å²) in [4.78, 5) is 11.2. The van der Waals surface area contributed by atoms with Crippen LogP contribution in [0.15, 0.2) is 0 Å². The van der Waals surface area contributed by atoms with Gasteiger partial charge in [-0.15, -0.1) is 0 Å². The van der Waals surface area contributed by atoms with Crippen molar-refractivity contribution in [2.75, 3.05) is 6.61 Å². The van der Waals surface area contributed by atoms with E-state index in [0.717, 1.165) is 19.3 Å². The van der Waals surface area contributed by atoms with Crippen LogP contribution in [0.4, 0.5) is 0 Å². The third-order valence-corrected chi connectivity index (χ3v) is 3.52. The van der Waals surface area contributed by atoms with Gasteiger partial charge in [0.15, 0.2) is 0 Å². The van der Waals surface area contributed by atoms with Gasteiger partial charge in [-0.1, -0.05) is 13.8 Å². The fourth-order valence-electron chi connectivity index (χ4n) is 2.73. The van der Waals surface area contributed by atoms with E-state index in [0.29, 0.717) is 19.1 Å². The van der Waals surface area contributed by atoms with Gasteiger partial charge in [-0.2, -0.15) is 0 Å². The number of rotatable bonds is 2. The summed E-state index contributed by atoms with van der Waals surface area (Å²) in [6, 6.07) is 0. The Balaban J connectivity index is 2.13. The smallest absolute Gasteiger partial charge is 0.306 e. The van der Waals surface area contributed by atoms with Gasteiger partial charge in [-0.05, 0) is 19.3 Å². The van der Waals surface area contributed by atoms with E-state index in [-0.39, 0.29) is 17.5 Å². The van der Waals surface area contributed by atoms with Gasteiger partial charge in [-0.25, -0.2) is 0 Å². The normalized spacial score (nSPS) is 42.0. The zero-order chi connectivity index (χ0) is 10.2. The Kier molecular flexibility index (Phi) is 2.52. The number of ether oxygens (including phenoxy) is 2. The van der Waals surface area contributed by atoms with Crippen LogP contribution in [-0.4, -0.2) is 24.8 Å². The lowest BCUT2D eigenvalue weighted by Gasteiger charge is -2.24. The fraction of sp³-hybridized carbons (Fsp3) is 0.909. The van der Waals surface area contributed by atoms with E-state index in [1.54, 1.807) is 0 Å². The van der Waals surface area contributed by atoms with E-state index in [2.05, 4.69) is 13.8 Å². The summed E-state index contributed by atoms with van der Waals surface area (Å²) >= 11 is 0. The minimum Gasteiger partial charge on any atom is -0.465 e. The van der Waals surface area contributed by atoms with E-state index in [4.69, 9.17) is 9.47 Å². The molecule has 2 aliphatic heterocycles. The highest BCUT2D eigenvalue weighted by Crippen LogP contribution is 2.47. The molecule has 3 nitrogen and oxygen atoms in total. The van der Waals surface area contributed by atoms with Crippen LogP contribution in [0, 0.1) is 5.41 Å². The van der Waals surface area contributed by atoms with Gasteiger partial charge in [0.25, 0.3) is 0 Å². The van der Waals surface area contributed by atoms with Gasteiger partial charge in [0.1, 0.15) is 6.61 Å². The largest absolute Gasteiger partial charge is 0.465 e. The molecule has 3 unspecified atom stereocenters. The van der Waals surface area contributed by atoms with Crippen molar-refractivity contribution in [3.63, 3.8) is 0 Å². The first kappa shape index (κ1) is 9.97. The molecule has 2 aliphatic rings. The average Bonchev–Trinajstić information content (AvgIpc) is 2.71. The lowest BCUT2D eigenvalue weighted by molar-refractivity contribution is -0.137. The maximum Gasteiger partial charge on any atom is 0.306 e. The van der Waals surface area contributed by atoms with Crippen molar-refractivity contribution in [1.29, 1.82) is 0 Å². The predicted molar refractivity (Wildman–Crippen MR) is 51.9 cm³/mol. The van der Waals surface area contributed by atoms with Crippen LogP contribution < -0.4 is 0 Å². The molecule has 0 aromatic heterocycles. The van der Waals surface area contributed by atoms with Gasteiger partial charge in [0.2, 0.25) is 0 Å². The molecule has 3 heteroatoms. The zero-order valence-corrected chi connectivity index (χ0v) is 8.91. The van der Waals surface area contributed by atoms with Crippen LogP contribution in [0.25, 0.3) is 0 Å². The van der Waals surface area contributed by atoms with Crippen molar-refractivity contribution >= 4 is 5.97 Å². The molecule has 2 fully saturated rings. The number of hydrogen-bond acceptors (Lipinski definition) is 3. The van der Waals surface area contributed by atoms with Gasteiger partial charge >= 0.3 is 5.97 Å². The topological polar surface area (TPSA) is 35.5 Å². The summed E-state index contributed by atoms with van der Waals surface area (Å²) in [6.07, 6.45) is 4.11. The van der Waals surface area contributed by atoms with Gasteiger partial charge in [0.05, 0.1) is 18.6 Å². The standard InChI is InChI=1S/C11H18O3/c1-3-8-5-11(9(4-2)14-8)6-10(12)13-7-11/h8-9H,3-7H2,1-2H3. The van der Waals surface area contributed by atoms with E-state index in [1.165, 1.54) is 0 Å². The van der Waals surface area contributed by atoms with Crippen molar-refractivity contribution in [1.82, 2.24) is 0 Å². The first-order valence-corrected chi connectivity index (χ1v) is 5.51. The van der Waals surface area contributed by atoms with E-state index in [1.807, 2.05) is 0 Å². The Labute approximate surface area is 84.8 Å². The summed E-state index contributed by atoms with van der Waals surface area (Å²) in [6.45, 7) is 4.82. The highest BCUT2D eigenvalue weighted by atomic mass is 16.6. The number of carbonyl (C=O) groups is 1. The van der Waals surface area contributed by atoms with Crippen molar-refractivity contribution in [3.05, 3.63) is 0 Å². The minimum atomic E-state index is -0.0520. The summed E-state index contributed by atoms with van der Waals surface area (Å²) in [5.41, 5.74) is 0.00646. The first-order valence-electron chi connectivity index (χ1n) is 5.51. The van der Waals surface area contributed by atoms with E-state index >= 15 is 0 Å². The maximum atomic E-state index is 11.2. The van der Waals surface area contributed by atoms with Crippen LogP contribution in [0.2, 0.25) is 0 Å². The number of hydrogen-bond donors (Lipinski definition) is 0. The second-order valence-corrected chi connectivity index (χ2v) is 4.47. The molecule has 14 heavy (non-hydrogen) atoms. The minimum absolute atomic E-state index is 0.00646. The average molecular weight is 198 g/mol. The van der Waals surface area contributed by atoms with Gasteiger partial charge < -0.3 is 9.47 Å². The van der Waals surface area contributed by atoms with Crippen LogP contribution in [0.5, 0.6) is 0 Å². The molecule has 0 aromatic carbocycles. The van der Waals surface area contributed by atoms with Gasteiger partial charge in [-0.3, -0.25) is 4.79 Å². The molecule has 3 atom stereocenters. The summed E-state index contributed by atoms with van der Waals surface area (Å²) in [5, 5.41) is 0. The zero-order valence-electron chi connectivity index (χ0n) is 8.91. The summed E-state index contributed by atoms with van der Waals surface area (Å²) in [5.74, 6) is -0.0520.